The molecule has 1 N–H and O–H groups in total. The van der Waals surface area contributed by atoms with Gasteiger partial charge in [0.25, 0.3) is 0 Å². The van der Waals surface area contributed by atoms with Crippen LogP contribution in [-0.4, -0.2) is 72.2 Å². The molecule has 8 nitrogen and oxygen atoms in total. The van der Waals surface area contributed by atoms with Gasteiger partial charge in [0.2, 0.25) is 5.91 Å². The van der Waals surface area contributed by atoms with Crippen molar-refractivity contribution in [3.8, 4) is 0 Å². The number of hydrogen-bond donors (Lipinski definition) is 1. The van der Waals surface area contributed by atoms with Crippen molar-refractivity contribution in [1.29, 1.82) is 0 Å². The summed E-state index contributed by atoms with van der Waals surface area (Å²) in [5.41, 5.74) is 0.702. The van der Waals surface area contributed by atoms with Gasteiger partial charge in [-0.05, 0) is 25.0 Å². The zero-order valence-corrected chi connectivity index (χ0v) is 16.8. The number of nitrogens with zero attached hydrogens (tertiary/aromatic N) is 4. The maximum atomic E-state index is 12.1. The largest absolute Gasteiger partial charge is 0.442 e. The second-order valence-electron chi connectivity index (χ2n) is 7.51. The smallest absolute Gasteiger partial charge is 0.414 e. The minimum atomic E-state index is -0.410. The van der Waals surface area contributed by atoms with Gasteiger partial charge in [-0.25, -0.2) is 9.78 Å². The predicted molar refractivity (Wildman–Crippen MR) is 110 cm³/mol. The molecule has 1 aromatic heterocycles. The Hall–Kier alpha value is -2.42. The molecule has 9 heteroatoms. The van der Waals surface area contributed by atoms with Gasteiger partial charge in [-0.2, -0.15) is 0 Å². The molecule has 2 amide bonds. The van der Waals surface area contributed by atoms with Crippen LogP contribution in [0.5, 0.6) is 0 Å². The normalized spacial score (nSPS) is 22.2. The van der Waals surface area contributed by atoms with Crippen molar-refractivity contribution in [1.82, 2.24) is 15.2 Å². The standard InChI is InChI=1S/C19H25N5O3S/c1-13(25)20-11-16-12-24(19(26)27-16)15-4-5-17(21-10-15)22-6-8-23(9-7-22)18(28)14-2-3-14/h4-5,10,14,16H,2-3,6-9,11-12H2,1H3,(H,20,25). The summed E-state index contributed by atoms with van der Waals surface area (Å²) in [6, 6.07) is 3.84. The molecule has 1 atom stereocenters. The summed E-state index contributed by atoms with van der Waals surface area (Å²) >= 11 is 5.57. The Bertz CT molecular complexity index is 759. The number of nitrogens with one attached hydrogen (secondary N) is 1. The highest BCUT2D eigenvalue weighted by molar-refractivity contribution is 7.80. The van der Waals surface area contributed by atoms with Gasteiger partial charge >= 0.3 is 6.09 Å². The van der Waals surface area contributed by atoms with E-state index < -0.39 is 6.09 Å². The fraction of sp³-hybridized carbons (Fsp3) is 0.579. The van der Waals surface area contributed by atoms with Crippen LogP contribution >= 0.6 is 12.2 Å². The van der Waals surface area contributed by atoms with E-state index in [-0.39, 0.29) is 12.0 Å². The topological polar surface area (TPSA) is 78.0 Å². The van der Waals surface area contributed by atoms with E-state index in [9.17, 15) is 9.59 Å². The van der Waals surface area contributed by atoms with E-state index in [1.54, 1.807) is 11.1 Å². The number of thiocarbonyl (C=S) groups is 1. The van der Waals surface area contributed by atoms with Gasteiger partial charge in [0.15, 0.2) is 0 Å². The lowest BCUT2D eigenvalue weighted by molar-refractivity contribution is -0.119. The third kappa shape index (κ3) is 4.19. The van der Waals surface area contributed by atoms with Crippen LogP contribution in [0.25, 0.3) is 0 Å². The third-order valence-corrected chi connectivity index (χ3v) is 5.93. The Morgan fingerprint density at radius 3 is 2.64 bits per heavy atom. The molecule has 1 aliphatic carbocycles. The van der Waals surface area contributed by atoms with Gasteiger partial charge in [-0.3, -0.25) is 9.69 Å². The molecule has 3 aliphatic rings. The van der Waals surface area contributed by atoms with Crippen molar-refractivity contribution < 1.29 is 14.3 Å². The summed E-state index contributed by atoms with van der Waals surface area (Å²) in [6.45, 7) is 5.81. The highest BCUT2D eigenvalue weighted by Crippen LogP contribution is 2.32. The first-order chi connectivity index (χ1) is 13.5. The first-order valence-corrected chi connectivity index (χ1v) is 10.1. The van der Waals surface area contributed by atoms with E-state index in [1.807, 2.05) is 12.1 Å². The van der Waals surface area contributed by atoms with Crippen LogP contribution in [0, 0.1) is 5.92 Å². The molecule has 1 saturated carbocycles. The predicted octanol–water partition coefficient (Wildman–Crippen LogP) is 1.40. The second kappa shape index (κ2) is 7.90. The van der Waals surface area contributed by atoms with E-state index in [0.29, 0.717) is 24.7 Å². The maximum absolute atomic E-state index is 12.1. The van der Waals surface area contributed by atoms with Crippen LogP contribution in [0.15, 0.2) is 18.3 Å². The molecule has 3 fully saturated rings. The summed E-state index contributed by atoms with van der Waals surface area (Å²) in [7, 11) is 0. The minimum absolute atomic E-state index is 0.140. The van der Waals surface area contributed by atoms with Gasteiger partial charge in [0.05, 0.1) is 30.0 Å². The molecule has 1 aromatic rings. The molecule has 2 saturated heterocycles. The minimum Gasteiger partial charge on any atom is -0.442 e. The first-order valence-electron chi connectivity index (χ1n) is 9.73. The highest BCUT2D eigenvalue weighted by Gasteiger charge is 2.33. The molecule has 28 heavy (non-hydrogen) atoms. The molecule has 1 unspecified atom stereocenters. The molecular formula is C19H25N5O3S. The van der Waals surface area contributed by atoms with E-state index in [0.717, 1.165) is 37.0 Å². The molecule has 4 rings (SSSR count). The van der Waals surface area contributed by atoms with Crippen LogP contribution in [0.2, 0.25) is 0 Å². The fourth-order valence-corrected chi connectivity index (χ4v) is 3.98. The maximum Gasteiger partial charge on any atom is 0.414 e. The Kier molecular flexibility index (Phi) is 5.34. The number of amides is 2. The summed E-state index contributed by atoms with van der Waals surface area (Å²) in [5.74, 6) is 1.40. The number of piperazine rings is 1. The molecule has 0 aromatic carbocycles. The van der Waals surface area contributed by atoms with E-state index >= 15 is 0 Å². The number of ether oxygens (including phenoxy) is 1. The van der Waals surface area contributed by atoms with Crippen molar-refractivity contribution in [2.75, 3.05) is 49.1 Å². The van der Waals surface area contributed by atoms with E-state index in [2.05, 4.69) is 20.1 Å². The van der Waals surface area contributed by atoms with Crippen LogP contribution in [0.1, 0.15) is 19.8 Å². The molecular weight excluding hydrogens is 378 g/mol. The van der Waals surface area contributed by atoms with Crippen LogP contribution in [0.4, 0.5) is 16.3 Å². The van der Waals surface area contributed by atoms with Crippen molar-refractivity contribution in [3.05, 3.63) is 18.3 Å². The van der Waals surface area contributed by atoms with Gasteiger partial charge < -0.3 is 19.9 Å². The molecule has 0 bridgehead atoms. The lowest BCUT2D eigenvalue weighted by Crippen LogP contribution is -2.49. The molecule has 2 aliphatic heterocycles. The number of hydrogen-bond acceptors (Lipinski definition) is 6. The number of carbonyl (C=O) groups is 2. The molecule has 150 valence electrons. The summed E-state index contributed by atoms with van der Waals surface area (Å²) < 4.78 is 5.30. The van der Waals surface area contributed by atoms with Gasteiger partial charge in [0.1, 0.15) is 11.9 Å². The van der Waals surface area contributed by atoms with Gasteiger partial charge in [0, 0.05) is 39.0 Å². The number of rotatable bonds is 5. The van der Waals surface area contributed by atoms with Crippen LogP contribution in [0.3, 0.4) is 0 Å². The molecule has 0 spiro atoms. The van der Waals surface area contributed by atoms with Gasteiger partial charge in [-0.1, -0.05) is 12.2 Å². The number of cyclic esters (lactones) is 1. The fourth-order valence-electron chi connectivity index (χ4n) is 3.57. The Morgan fingerprint density at radius 1 is 1.29 bits per heavy atom. The number of anilines is 2. The molecule has 3 heterocycles. The van der Waals surface area contributed by atoms with Crippen molar-refractivity contribution in [3.63, 3.8) is 0 Å². The quantitative estimate of drug-likeness (QED) is 0.745. The lowest BCUT2D eigenvalue weighted by atomic mass is 10.2. The Labute approximate surface area is 169 Å². The van der Waals surface area contributed by atoms with Gasteiger partial charge in [-0.15, -0.1) is 0 Å². The van der Waals surface area contributed by atoms with Crippen molar-refractivity contribution in [2.45, 2.75) is 25.9 Å². The highest BCUT2D eigenvalue weighted by atomic mass is 32.1. The Balaban J connectivity index is 1.32. The lowest BCUT2D eigenvalue weighted by Gasteiger charge is -2.37. The zero-order chi connectivity index (χ0) is 19.7. The summed E-state index contributed by atoms with van der Waals surface area (Å²) in [4.78, 5) is 34.9. The summed E-state index contributed by atoms with van der Waals surface area (Å²) in [6.07, 6.45) is 3.43. The monoisotopic (exact) mass is 403 g/mol. The van der Waals surface area contributed by atoms with Crippen molar-refractivity contribution >= 4 is 40.7 Å². The van der Waals surface area contributed by atoms with E-state index in [1.165, 1.54) is 19.8 Å². The second-order valence-corrected chi connectivity index (χ2v) is 7.93. The Morgan fingerprint density at radius 2 is 2.04 bits per heavy atom. The number of aromatic nitrogens is 1. The first kappa shape index (κ1) is 18.9. The number of carbonyl (C=O) groups excluding carboxylic acids is 2. The van der Waals surface area contributed by atoms with Crippen LogP contribution in [-0.2, 0) is 9.53 Å². The average Bonchev–Trinajstić information content (AvgIpc) is 3.49. The third-order valence-electron chi connectivity index (χ3n) is 5.34. The van der Waals surface area contributed by atoms with E-state index in [4.69, 9.17) is 17.0 Å². The SMILES string of the molecule is CC(=O)NCC1CN(c2ccc(N3CCN(C(=S)C4CC4)CC3)nc2)C(=O)O1. The zero-order valence-electron chi connectivity index (χ0n) is 16.0. The van der Waals surface area contributed by atoms with Crippen LogP contribution < -0.4 is 15.1 Å². The molecule has 0 radical (unpaired) electrons. The average molecular weight is 404 g/mol. The number of pyridine rings is 1. The van der Waals surface area contributed by atoms with Crippen molar-refractivity contribution in [2.24, 2.45) is 5.92 Å². The summed E-state index contributed by atoms with van der Waals surface area (Å²) in [5, 5.41) is 2.68.